The molecule has 2 saturated carbocycles. The van der Waals surface area contributed by atoms with Crippen LogP contribution in [0.3, 0.4) is 0 Å². The van der Waals surface area contributed by atoms with Gasteiger partial charge in [-0.15, -0.1) is 11.3 Å². The van der Waals surface area contributed by atoms with Crippen molar-refractivity contribution in [1.82, 2.24) is 9.88 Å². The summed E-state index contributed by atoms with van der Waals surface area (Å²) >= 11 is 1.54. The molecule has 3 fully saturated rings. The maximum absolute atomic E-state index is 12.9. The second-order valence-corrected chi connectivity index (χ2v) is 7.65. The number of hydrogen-bond donors (Lipinski definition) is 1. The van der Waals surface area contributed by atoms with E-state index in [0.29, 0.717) is 24.0 Å². The van der Waals surface area contributed by atoms with Crippen LogP contribution < -0.4 is 0 Å². The number of carboxylic acid groups (broad SMARTS) is 1. The number of thiazole rings is 1. The highest BCUT2D eigenvalue weighted by Crippen LogP contribution is 2.43. The summed E-state index contributed by atoms with van der Waals surface area (Å²) in [7, 11) is 0. The molecule has 1 aliphatic heterocycles. The zero-order valence-electron chi connectivity index (χ0n) is 12.4. The van der Waals surface area contributed by atoms with Crippen molar-refractivity contribution < 1.29 is 14.7 Å². The minimum absolute atomic E-state index is 0.0911. The van der Waals surface area contributed by atoms with Crippen LogP contribution in [-0.2, 0) is 4.79 Å². The number of likely N-dealkylation sites (tertiary alicyclic amines) is 1. The molecule has 4 rings (SSSR count). The summed E-state index contributed by atoms with van der Waals surface area (Å²) < 4.78 is 0. The van der Waals surface area contributed by atoms with Crippen LogP contribution in [0.4, 0.5) is 0 Å². The van der Waals surface area contributed by atoms with E-state index >= 15 is 0 Å². The zero-order chi connectivity index (χ0) is 15.3. The van der Waals surface area contributed by atoms with Gasteiger partial charge >= 0.3 is 5.97 Å². The number of nitrogens with zero attached hydrogens (tertiary/aromatic N) is 2. The second kappa shape index (κ2) is 5.33. The summed E-state index contributed by atoms with van der Waals surface area (Å²) in [4.78, 5) is 30.6. The summed E-state index contributed by atoms with van der Waals surface area (Å²) in [6.45, 7) is 0. The van der Waals surface area contributed by atoms with E-state index in [9.17, 15) is 14.7 Å². The van der Waals surface area contributed by atoms with Crippen molar-refractivity contribution in [3.05, 3.63) is 16.1 Å². The Bertz CT molecular complexity index is 610. The van der Waals surface area contributed by atoms with Crippen molar-refractivity contribution in [3.63, 3.8) is 0 Å². The van der Waals surface area contributed by atoms with Gasteiger partial charge in [-0.2, -0.15) is 0 Å². The fourth-order valence-electron chi connectivity index (χ4n) is 4.01. The van der Waals surface area contributed by atoms with Crippen LogP contribution in [0.25, 0.3) is 0 Å². The average Bonchev–Trinajstić information content (AvgIpc) is 3.12. The van der Waals surface area contributed by atoms with Gasteiger partial charge < -0.3 is 10.0 Å². The van der Waals surface area contributed by atoms with Crippen LogP contribution in [0, 0.1) is 5.92 Å². The van der Waals surface area contributed by atoms with Gasteiger partial charge in [-0.3, -0.25) is 4.79 Å². The normalized spacial score (nSPS) is 31.1. The van der Waals surface area contributed by atoms with E-state index in [1.54, 1.807) is 16.2 Å². The quantitative estimate of drug-likeness (QED) is 0.929. The first kappa shape index (κ1) is 14.2. The van der Waals surface area contributed by atoms with Crippen LogP contribution in [0.1, 0.15) is 66.4 Å². The Morgan fingerprint density at radius 2 is 2.00 bits per heavy atom. The molecular weight excluding hydrogens is 300 g/mol. The molecule has 1 N–H and O–H groups in total. The van der Waals surface area contributed by atoms with Crippen LogP contribution in [0.2, 0.25) is 0 Å². The Labute approximate surface area is 133 Å². The van der Waals surface area contributed by atoms with Gasteiger partial charge in [-0.25, -0.2) is 9.78 Å². The third-order valence-electron chi connectivity index (χ3n) is 5.28. The summed E-state index contributed by atoms with van der Waals surface area (Å²) in [5.41, 5.74) is 0.448. The van der Waals surface area contributed by atoms with Gasteiger partial charge in [0.05, 0.1) is 5.01 Å². The summed E-state index contributed by atoms with van der Waals surface area (Å²) in [5, 5.41) is 12.4. The molecule has 22 heavy (non-hydrogen) atoms. The van der Waals surface area contributed by atoms with E-state index < -0.39 is 12.0 Å². The lowest BCUT2D eigenvalue weighted by Crippen LogP contribution is -2.46. The van der Waals surface area contributed by atoms with Crippen molar-refractivity contribution in [1.29, 1.82) is 0 Å². The minimum atomic E-state index is -0.875. The average molecular weight is 320 g/mol. The number of rotatable bonds is 3. The number of fused-ring (bicyclic) bond motifs is 1. The van der Waals surface area contributed by atoms with Crippen LogP contribution in [0.15, 0.2) is 5.38 Å². The summed E-state index contributed by atoms with van der Waals surface area (Å²) in [6.07, 6.45) is 7.13. The molecule has 5 nitrogen and oxygen atoms in total. The van der Waals surface area contributed by atoms with Crippen molar-refractivity contribution in [3.8, 4) is 0 Å². The Balaban J connectivity index is 1.61. The maximum Gasteiger partial charge on any atom is 0.326 e. The van der Waals surface area contributed by atoms with Gasteiger partial charge in [-0.1, -0.05) is 12.8 Å². The third-order valence-corrected chi connectivity index (χ3v) is 6.28. The standard InChI is InChI=1S/C16H20N2O3S/c19-15(11-8-22-14(17-11)9-5-6-9)18-12-4-2-1-3-10(12)7-13(18)16(20)21/h8-10,12-13H,1-7H2,(H,20,21)/t10-,12+,13+/m1/s1. The highest BCUT2D eigenvalue weighted by molar-refractivity contribution is 7.10. The van der Waals surface area contributed by atoms with Gasteiger partial charge in [0.15, 0.2) is 0 Å². The van der Waals surface area contributed by atoms with Gasteiger partial charge in [0.1, 0.15) is 11.7 Å². The topological polar surface area (TPSA) is 70.5 Å². The molecule has 0 unspecified atom stereocenters. The first-order chi connectivity index (χ1) is 10.6. The highest BCUT2D eigenvalue weighted by atomic mass is 32.1. The van der Waals surface area contributed by atoms with Crippen molar-refractivity contribution in [2.75, 3.05) is 0 Å². The Morgan fingerprint density at radius 3 is 2.73 bits per heavy atom. The lowest BCUT2D eigenvalue weighted by molar-refractivity contribution is -0.141. The molecule has 6 heteroatoms. The molecule has 1 amide bonds. The van der Waals surface area contributed by atoms with E-state index in [0.717, 1.165) is 43.5 Å². The number of hydrogen-bond acceptors (Lipinski definition) is 4. The number of carbonyl (C=O) groups excluding carboxylic acids is 1. The molecule has 2 aliphatic carbocycles. The van der Waals surface area contributed by atoms with E-state index in [-0.39, 0.29) is 11.9 Å². The van der Waals surface area contributed by atoms with Gasteiger partial charge in [0.2, 0.25) is 0 Å². The molecule has 0 aromatic carbocycles. The minimum Gasteiger partial charge on any atom is -0.480 e. The van der Waals surface area contributed by atoms with Gasteiger partial charge in [-0.05, 0) is 38.0 Å². The van der Waals surface area contributed by atoms with Crippen LogP contribution in [-0.4, -0.2) is 39.0 Å². The Morgan fingerprint density at radius 1 is 1.23 bits per heavy atom. The van der Waals surface area contributed by atoms with Crippen molar-refractivity contribution in [2.24, 2.45) is 5.92 Å². The van der Waals surface area contributed by atoms with Crippen molar-refractivity contribution in [2.45, 2.75) is 62.9 Å². The van der Waals surface area contributed by atoms with Gasteiger partial charge in [0.25, 0.3) is 5.91 Å². The lowest BCUT2D eigenvalue weighted by atomic mass is 9.84. The smallest absolute Gasteiger partial charge is 0.326 e. The van der Waals surface area contributed by atoms with E-state index in [1.165, 1.54) is 0 Å². The lowest BCUT2D eigenvalue weighted by Gasteiger charge is -2.32. The van der Waals surface area contributed by atoms with Crippen molar-refractivity contribution >= 4 is 23.2 Å². The zero-order valence-corrected chi connectivity index (χ0v) is 13.2. The number of aromatic nitrogens is 1. The Kier molecular flexibility index (Phi) is 3.44. The molecule has 3 atom stereocenters. The Hall–Kier alpha value is -1.43. The molecule has 3 aliphatic rings. The fraction of sp³-hybridized carbons (Fsp3) is 0.688. The second-order valence-electron chi connectivity index (χ2n) is 6.76. The molecule has 1 aromatic rings. The molecule has 0 radical (unpaired) electrons. The molecule has 2 heterocycles. The first-order valence-electron chi connectivity index (χ1n) is 8.16. The number of aliphatic carboxylic acids is 1. The monoisotopic (exact) mass is 320 g/mol. The first-order valence-corrected chi connectivity index (χ1v) is 9.04. The number of carbonyl (C=O) groups is 2. The summed E-state index contributed by atoms with van der Waals surface area (Å²) in [6, 6.07) is -0.583. The van der Waals surface area contributed by atoms with Gasteiger partial charge in [0, 0.05) is 17.3 Å². The van der Waals surface area contributed by atoms with Crippen LogP contribution >= 0.6 is 11.3 Å². The fourth-order valence-corrected chi connectivity index (χ4v) is 4.97. The predicted octanol–water partition coefficient (Wildman–Crippen LogP) is 2.88. The van der Waals surface area contributed by atoms with E-state index in [4.69, 9.17) is 0 Å². The molecule has 118 valence electrons. The number of carboxylic acids is 1. The maximum atomic E-state index is 12.9. The van der Waals surface area contributed by atoms with Crippen LogP contribution in [0.5, 0.6) is 0 Å². The molecule has 0 spiro atoms. The molecule has 0 bridgehead atoms. The third kappa shape index (κ3) is 2.33. The summed E-state index contributed by atoms with van der Waals surface area (Å²) in [5.74, 6) is -0.173. The predicted molar refractivity (Wildman–Crippen MR) is 82.0 cm³/mol. The molecule has 1 saturated heterocycles. The largest absolute Gasteiger partial charge is 0.480 e. The SMILES string of the molecule is O=C(O)[C@@H]1C[C@H]2CCCC[C@@H]2N1C(=O)c1csc(C2CC2)n1. The molecule has 1 aromatic heterocycles. The van der Waals surface area contributed by atoms with E-state index in [1.807, 2.05) is 5.38 Å². The molecular formula is C16H20N2O3S. The highest BCUT2D eigenvalue weighted by Gasteiger charge is 2.48. The number of amides is 1. The van der Waals surface area contributed by atoms with E-state index in [2.05, 4.69) is 4.98 Å².